The van der Waals surface area contributed by atoms with Crippen LogP contribution in [0.3, 0.4) is 0 Å². The first-order chi connectivity index (χ1) is 27.7. The van der Waals surface area contributed by atoms with Gasteiger partial charge >= 0.3 is 0 Å². The Labute approximate surface area is 357 Å². The number of fused-ring (bicyclic) bond motifs is 1. The second kappa shape index (κ2) is 28.6. The lowest BCUT2D eigenvalue weighted by Gasteiger charge is -2.21. The van der Waals surface area contributed by atoms with E-state index in [0.29, 0.717) is 23.1 Å². The van der Waals surface area contributed by atoms with Crippen molar-refractivity contribution in [2.24, 2.45) is 5.92 Å². The molecule has 2 nitrogen and oxygen atoms in total. The number of hydrogen-bond donors (Lipinski definition) is 2. The summed E-state index contributed by atoms with van der Waals surface area (Å²) in [5, 5.41) is 23.0. The first-order valence-corrected chi connectivity index (χ1v) is 22.7. The average Bonchev–Trinajstić information content (AvgIpc) is 3.17. The van der Waals surface area contributed by atoms with Crippen molar-refractivity contribution in [1.82, 2.24) is 0 Å². The number of allylic oxidation sites excluding steroid dienone is 16. The Balaban J connectivity index is 1.59. The van der Waals surface area contributed by atoms with Crippen LogP contribution in [0, 0.1) is 19.3 Å². The molecule has 0 aromatic heterocycles. The first kappa shape index (κ1) is 50.4. The summed E-state index contributed by atoms with van der Waals surface area (Å²) >= 11 is 0. The van der Waals surface area contributed by atoms with Crippen molar-refractivity contribution in [2.45, 2.75) is 185 Å². The van der Waals surface area contributed by atoms with Gasteiger partial charge in [-0.25, -0.2) is 0 Å². The van der Waals surface area contributed by atoms with Gasteiger partial charge in [-0.15, -0.1) is 0 Å². The normalized spacial score (nSPS) is 14.4. The Morgan fingerprint density at radius 3 is 1.29 bits per heavy atom. The van der Waals surface area contributed by atoms with Crippen molar-refractivity contribution in [2.75, 3.05) is 0 Å². The summed E-state index contributed by atoms with van der Waals surface area (Å²) in [6.45, 7) is 24.5. The summed E-state index contributed by atoms with van der Waals surface area (Å²) in [6, 6.07) is 7.50. The van der Waals surface area contributed by atoms with Crippen LogP contribution >= 0.6 is 0 Å². The summed E-state index contributed by atoms with van der Waals surface area (Å²) in [4.78, 5) is 0. The minimum atomic E-state index is 0.267. The van der Waals surface area contributed by atoms with E-state index in [9.17, 15) is 10.2 Å². The Morgan fingerprint density at radius 1 is 0.500 bits per heavy atom. The zero-order valence-electron chi connectivity index (χ0n) is 39.0. The van der Waals surface area contributed by atoms with E-state index in [-0.39, 0.29) is 11.5 Å². The molecule has 0 bridgehead atoms. The highest BCUT2D eigenvalue weighted by Crippen LogP contribution is 2.39. The van der Waals surface area contributed by atoms with Gasteiger partial charge in [-0.05, 0) is 165 Å². The third-order valence-corrected chi connectivity index (χ3v) is 11.7. The van der Waals surface area contributed by atoms with Gasteiger partial charge in [0.1, 0.15) is 11.5 Å². The van der Waals surface area contributed by atoms with Gasteiger partial charge in [-0.1, -0.05) is 137 Å². The summed E-state index contributed by atoms with van der Waals surface area (Å²) in [7, 11) is 0. The van der Waals surface area contributed by atoms with Gasteiger partial charge in [-0.2, -0.15) is 12.3 Å². The zero-order valence-corrected chi connectivity index (χ0v) is 39.0. The lowest BCUT2D eigenvalue weighted by atomic mass is 9.95. The largest absolute Gasteiger partial charge is 0.507 e. The number of rotatable bonds is 27. The molecule has 0 radical (unpaired) electrons. The molecule has 1 atom stereocenters. The highest BCUT2D eigenvalue weighted by molar-refractivity contribution is 5.95. The summed E-state index contributed by atoms with van der Waals surface area (Å²) in [6.07, 6.45) is 40.6. The van der Waals surface area contributed by atoms with Gasteiger partial charge in [0.25, 0.3) is 0 Å². The maximum absolute atomic E-state index is 10.9. The van der Waals surface area contributed by atoms with E-state index in [1.54, 1.807) is 0 Å². The van der Waals surface area contributed by atoms with Crippen molar-refractivity contribution in [3.8, 4) is 11.5 Å². The highest BCUT2D eigenvalue weighted by Gasteiger charge is 2.14. The lowest BCUT2D eigenvalue weighted by molar-refractivity contribution is 0.461. The first-order valence-electron chi connectivity index (χ1n) is 22.7. The molecule has 1 unspecified atom stereocenters. The molecule has 2 rings (SSSR count). The van der Waals surface area contributed by atoms with Gasteiger partial charge < -0.3 is 16.6 Å². The van der Waals surface area contributed by atoms with Gasteiger partial charge in [0, 0.05) is 16.3 Å². The van der Waals surface area contributed by atoms with Crippen molar-refractivity contribution in [1.29, 1.82) is 0 Å². The van der Waals surface area contributed by atoms with Gasteiger partial charge in [0.2, 0.25) is 0 Å². The van der Waals surface area contributed by atoms with E-state index in [0.717, 1.165) is 68.9 Å². The van der Waals surface area contributed by atoms with Crippen LogP contribution in [0.2, 0.25) is 0 Å². The molecule has 58 heavy (non-hydrogen) atoms. The van der Waals surface area contributed by atoms with Crippen molar-refractivity contribution >= 4 is 10.8 Å². The van der Waals surface area contributed by atoms with Gasteiger partial charge in [-0.3, -0.25) is 0 Å². The summed E-state index contributed by atoms with van der Waals surface area (Å²) < 4.78 is 0. The van der Waals surface area contributed by atoms with Crippen molar-refractivity contribution in [3.05, 3.63) is 135 Å². The molecule has 0 amide bonds. The standard InChI is InChI=1S/C56H83O2/c1-42(2)22-14-23-43(3)24-15-25-44(4)26-16-27-45(5)28-17-29-46(6)30-18-31-47(7)32-19-33-48(8)34-20-35-49(9)36-21-37-50(10)40-41-52-51(11)55(57)53-38-12-13-39-54(53)56(52)58/h12-13,22,24,26,28,30,32,34,36,38-40,44,57-58H,14-21,23,25,27,29,31,33,35,37,41H2,1-11H3/q-1/b43-24+,45-28+,46-30-,47-32+,48-34+,49-36+,50-40+. The molecule has 0 saturated carbocycles. The molecule has 0 spiro atoms. The van der Waals surface area contributed by atoms with Crippen LogP contribution in [0.15, 0.2) is 117 Å². The van der Waals surface area contributed by atoms with E-state index in [1.165, 1.54) is 89.5 Å². The lowest BCUT2D eigenvalue weighted by Crippen LogP contribution is -1.96. The van der Waals surface area contributed by atoms with Crippen molar-refractivity contribution in [3.63, 3.8) is 0 Å². The smallest absolute Gasteiger partial charge is 0.127 e. The molecular formula is C56H83O2-. The van der Waals surface area contributed by atoms with E-state index < -0.39 is 0 Å². The third kappa shape index (κ3) is 21.3. The topological polar surface area (TPSA) is 40.5 Å². The van der Waals surface area contributed by atoms with Gasteiger partial charge in [0.05, 0.1) is 0 Å². The summed E-state index contributed by atoms with van der Waals surface area (Å²) in [5.74, 6) is 1.24. The molecule has 2 N–H and O–H groups in total. The second-order valence-electron chi connectivity index (χ2n) is 17.7. The molecule has 0 fully saturated rings. The molecule has 0 heterocycles. The average molecular weight is 788 g/mol. The molecule has 0 aliphatic carbocycles. The Hall–Kier alpha value is -3.78. The van der Waals surface area contributed by atoms with Crippen molar-refractivity contribution < 1.29 is 10.2 Å². The molecule has 0 aliphatic rings. The monoisotopic (exact) mass is 788 g/mol. The Bertz CT molecular complexity index is 1790. The van der Waals surface area contributed by atoms with E-state index in [4.69, 9.17) is 0 Å². The fourth-order valence-electron chi connectivity index (χ4n) is 7.45. The fourth-order valence-corrected chi connectivity index (χ4v) is 7.45. The zero-order chi connectivity index (χ0) is 42.9. The predicted octanol–water partition coefficient (Wildman–Crippen LogP) is 17.8. The third-order valence-electron chi connectivity index (χ3n) is 11.7. The number of benzene rings is 2. The van der Waals surface area contributed by atoms with Gasteiger partial charge in [0.15, 0.2) is 0 Å². The number of phenols is 2. The number of phenolic OH excluding ortho intramolecular Hbond substituents is 2. The SMILES string of the molecule is CC(C)=CCC/C(C)=C/CCC(C)[CH-]CC/C(C)=C/CC/C(C)=C\CC/C(C)=C/CC/C(C)=C/CC/C(C)=C/CC/C(C)=C/Cc1c(C)c(O)c2ccccc2c1O. The molecule has 2 heteroatoms. The molecule has 0 aliphatic heterocycles. The minimum absolute atomic E-state index is 0.267. The van der Waals surface area contributed by atoms with E-state index in [1.807, 2.05) is 31.2 Å². The predicted molar refractivity (Wildman–Crippen MR) is 259 cm³/mol. The number of hydrogen-bond acceptors (Lipinski definition) is 2. The molecule has 0 saturated heterocycles. The molecular weight excluding hydrogens is 705 g/mol. The quantitative estimate of drug-likeness (QED) is 0.0538. The molecule has 2 aromatic carbocycles. The fraction of sp³-hybridized carbons (Fsp3) is 0.518. The van der Waals surface area contributed by atoms with E-state index >= 15 is 0 Å². The number of aromatic hydroxyl groups is 2. The highest BCUT2D eigenvalue weighted by atomic mass is 16.3. The maximum atomic E-state index is 10.9. The van der Waals surface area contributed by atoms with Crippen LogP contribution < -0.4 is 0 Å². The van der Waals surface area contributed by atoms with E-state index in [2.05, 4.69) is 124 Å². The second-order valence-corrected chi connectivity index (χ2v) is 17.7. The van der Waals surface area contributed by atoms with Crippen LogP contribution in [-0.4, -0.2) is 10.2 Å². The van der Waals surface area contributed by atoms with Crippen LogP contribution in [0.1, 0.15) is 183 Å². The maximum Gasteiger partial charge on any atom is 0.127 e. The van der Waals surface area contributed by atoms with Crippen LogP contribution in [0.25, 0.3) is 10.8 Å². The minimum Gasteiger partial charge on any atom is -0.507 e. The molecule has 320 valence electrons. The Morgan fingerprint density at radius 2 is 0.862 bits per heavy atom. The van der Waals surface area contributed by atoms with Crippen LogP contribution in [0.5, 0.6) is 11.5 Å². The Kier molecular flexibility index (Phi) is 24.8. The van der Waals surface area contributed by atoms with Crippen LogP contribution in [-0.2, 0) is 6.42 Å². The van der Waals surface area contributed by atoms with Crippen LogP contribution in [0.4, 0.5) is 0 Å². The molecule has 2 aromatic rings. The summed E-state index contributed by atoms with van der Waals surface area (Å²) in [5.41, 5.74) is 13.3.